The number of nitrogens with one attached hydrogen (secondary N) is 1. The maximum atomic E-state index is 10.3. The van der Waals surface area contributed by atoms with Crippen LogP contribution in [0.2, 0.25) is 0 Å². The second-order valence-electron chi connectivity index (χ2n) is 3.57. The lowest BCUT2D eigenvalue weighted by Crippen LogP contribution is -2.47. The Labute approximate surface area is 85.3 Å². The molecule has 0 spiro atoms. The third-order valence-electron chi connectivity index (χ3n) is 2.72. The number of aliphatic carboxylic acids is 1. The molecular formula is C10H21NO3. The largest absolute Gasteiger partial charge is 0.481 e. The lowest BCUT2D eigenvalue weighted by molar-refractivity contribution is -0.137. The molecule has 14 heavy (non-hydrogen) atoms. The average molecular weight is 203 g/mol. The van der Waals surface area contributed by atoms with E-state index in [1.54, 1.807) is 0 Å². The van der Waals surface area contributed by atoms with Crippen molar-refractivity contribution in [1.29, 1.82) is 0 Å². The molecule has 0 bridgehead atoms. The monoisotopic (exact) mass is 203 g/mol. The third kappa shape index (κ3) is 4.58. The van der Waals surface area contributed by atoms with Crippen LogP contribution in [-0.4, -0.2) is 34.9 Å². The number of carboxylic acid groups (broad SMARTS) is 1. The van der Waals surface area contributed by atoms with Crippen molar-refractivity contribution in [3.05, 3.63) is 0 Å². The lowest BCUT2D eigenvalue weighted by Gasteiger charge is -2.30. The summed E-state index contributed by atoms with van der Waals surface area (Å²) in [6, 6.07) is 0. The molecule has 0 aromatic rings. The van der Waals surface area contributed by atoms with Crippen LogP contribution in [0.25, 0.3) is 0 Å². The topological polar surface area (TPSA) is 69.6 Å². The SMILES string of the molecule is CCC(CC)(CO)NCCCC(=O)O. The molecule has 3 N–H and O–H groups in total. The van der Waals surface area contributed by atoms with Crippen LogP contribution in [0.15, 0.2) is 0 Å². The second kappa shape index (κ2) is 6.79. The third-order valence-corrected chi connectivity index (χ3v) is 2.72. The number of aliphatic hydroxyl groups is 1. The molecule has 0 aromatic heterocycles. The molecule has 0 aliphatic rings. The van der Waals surface area contributed by atoms with Gasteiger partial charge < -0.3 is 15.5 Å². The summed E-state index contributed by atoms with van der Waals surface area (Å²) in [6.07, 6.45) is 2.50. The van der Waals surface area contributed by atoms with Crippen molar-refractivity contribution in [1.82, 2.24) is 5.32 Å². The van der Waals surface area contributed by atoms with Crippen LogP contribution in [0.1, 0.15) is 39.5 Å². The van der Waals surface area contributed by atoms with E-state index in [4.69, 9.17) is 5.11 Å². The van der Waals surface area contributed by atoms with Crippen molar-refractivity contribution < 1.29 is 15.0 Å². The Bertz CT molecular complexity index is 158. The fraction of sp³-hybridized carbons (Fsp3) is 0.900. The summed E-state index contributed by atoms with van der Waals surface area (Å²) in [5, 5.41) is 20.9. The minimum atomic E-state index is -0.769. The van der Waals surface area contributed by atoms with Gasteiger partial charge in [-0.15, -0.1) is 0 Å². The molecular weight excluding hydrogens is 182 g/mol. The van der Waals surface area contributed by atoms with Gasteiger partial charge in [-0.25, -0.2) is 0 Å². The highest BCUT2D eigenvalue weighted by Gasteiger charge is 2.23. The van der Waals surface area contributed by atoms with Crippen molar-refractivity contribution in [2.45, 2.75) is 45.1 Å². The molecule has 0 unspecified atom stereocenters. The van der Waals surface area contributed by atoms with Gasteiger partial charge in [-0.2, -0.15) is 0 Å². The summed E-state index contributed by atoms with van der Waals surface area (Å²) in [6.45, 7) is 4.79. The van der Waals surface area contributed by atoms with Gasteiger partial charge in [0, 0.05) is 12.0 Å². The van der Waals surface area contributed by atoms with Crippen LogP contribution in [0.4, 0.5) is 0 Å². The van der Waals surface area contributed by atoms with E-state index >= 15 is 0 Å². The molecule has 84 valence electrons. The van der Waals surface area contributed by atoms with Crippen molar-refractivity contribution in [3.8, 4) is 0 Å². The van der Waals surface area contributed by atoms with Crippen LogP contribution < -0.4 is 5.32 Å². The van der Waals surface area contributed by atoms with Crippen molar-refractivity contribution in [2.75, 3.05) is 13.2 Å². The highest BCUT2D eigenvalue weighted by Crippen LogP contribution is 2.13. The summed E-state index contributed by atoms with van der Waals surface area (Å²) in [5.74, 6) is -0.769. The molecule has 0 radical (unpaired) electrons. The smallest absolute Gasteiger partial charge is 0.303 e. The number of rotatable bonds is 8. The van der Waals surface area contributed by atoms with Crippen LogP contribution in [0.5, 0.6) is 0 Å². The maximum Gasteiger partial charge on any atom is 0.303 e. The van der Waals surface area contributed by atoms with Crippen LogP contribution >= 0.6 is 0 Å². The zero-order chi connectivity index (χ0) is 11.0. The van der Waals surface area contributed by atoms with E-state index in [-0.39, 0.29) is 18.6 Å². The van der Waals surface area contributed by atoms with Crippen molar-refractivity contribution in [3.63, 3.8) is 0 Å². The van der Waals surface area contributed by atoms with Gasteiger partial charge in [-0.3, -0.25) is 4.79 Å². The molecule has 0 aromatic carbocycles. The lowest BCUT2D eigenvalue weighted by atomic mass is 9.94. The molecule has 0 amide bonds. The van der Waals surface area contributed by atoms with E-state index in [1.165, 1.54) is 0 Å². The Morgan fingerprint density at radius 2 is 1.93 bits per heavy atom. The van der Waals surface area contributed by atoms with Gasteiger partial charge in [0.25, 0.3) is 0 Å². The summed E-state index contributed by atoms with van der Waals surface area (Å²) < 4.78 is 0. The molecule has 4 nitrogen and oxygen atoms in total. The van der Waals surface area contributed by atoms with Gasteiger partial charge in [0.15, 0.2) is 0 Å². The molecule has 0 aliphatic carbocycles. The van der Waals surface area contributed by atoms with E-state index in [0.29, 0.717) is 13.0 Å². The van der Waals surface area contributed by atoms with Crippen LogP contribution in [-0.2, 0) is 4.79 Å². The Balaban J connectivity index is 3.77. The summed E-state index contributed by atoms with van der Waals surface area (Å²) in [5.41, 5.74) is -0.224. The highest BCUT2D eigenvalue weighted by molar-refractivity contribution is 5.66. The number of hydrogen-bond acceptors (Lipinski definition) is 3. The zero-order valence-electron chi connectivity index (χ0n) is 9.05. The first-order chi connectivity index (χ1) is 6.60. The first kappa shape index (κ1) is 13.4. The number of hydrogen-bond donors (Lipinski definition) is 3. The second-order valence-corrected chi connectivity index (χ2v) is 3.57. The molecule has 0 aliphatic heterocycles. The minimum absolute atomic E-state index is 0.104. The van der Waals surface area contributed by atoms with E-state index in [1.807, 2.05) is 13.8 Å². The van der Waals surface area contributed by atoms with Gasteiger partial charge in [0.1, 0.15) is 0 Å². The normalized spacial score (nSPS) is 11.6. The first-order valence-electron chi connectivity index (χ1n) is 5.18. The van der Waals surface area contributed by atoms with Gasteiger partial charge in [-0.1, -0.05) is 13.8 Å². The Kier molecular flexibility index (Phi) is 6.49. The molecule has 0 fully saturated rings. The number of carboxylic acids is 1. The average Bonchev–Trinajstić information content (AvgIpc) is 2.19. The standard InChI is InChI=1S/C10H21NO3/c1-3-10(4-2,8-12)11-7-5-6-9(13)14/h11-12H,3-8H2,1-2H3,(H,13,14). The Morgan fingerprint density at radius 1 is 1.36 bits per heavy atom. The Hall–Kier alpha value is -0.610. The fourth-order valence-corrected chi connectivity index (χ4v) is 1.37. The van der Waals surface area contributed by atoms with Gasteiger partial charge in [0.05, 0.1) is 6.61 Å². The summed E-state index contributed by atoms with van der Waals surface area (Å²) in [7, 11) is 0. The molecule has 0 heterocycles. The minimum Gasteiger partial charge on any atom is -0.481 e. The molecule has 0 saturated heterocycles. The van der Waals surface area contributed by atoms with Crippen LogP contribution in [0.3, 0.4) is 0 Å². The van der Waals surface area contributed by atoms with E-state index in [9.17, 15) is 9.90 Å². The maximum absolute atomic E-state index is 10.3. The van der Waals surface area contributed by atoms with E-state index < -0.39 is 5.97 Å². The van der Waals surface area contributed by atoms with Gasteiger partial charge >= 0.3 is 5.97 Å². The number of carbonyl (C=O) groups is 1. The first-order valence-corrected chi connectivity index (χ1v) is 5.18. The van der Waals surface area contributed by atoms with E-state index in [2.05, 4.69) is 5.32 Å². The van der Waals surface area contributed by atoms with Crippen LogP contribution in [0, 0.1) is 0 Å². The predicted molar refractivity (Wildman–Crippen MR) is 55.3 cm³/mol. The summed E-state index contributed by atoms with van der Waals surface area (Å²) in [4.78, 5) is 10.3. The number of aliphatic hydroxyl groups excluding tert-OH is 1. The Morgan fingerprint density at radius 3 is 2.29 bits per heavy atom. The summed E-state index contributed by atoms with van der Waals surface area (Å²) >= 11 is 0. The quantitative estimate of drug-likeness (QED) is 0.515. The predicted octanol–water partition coefficient (Wildman–Crippen LogP) is 0.992. The molecule has 0 saturated carbocycles. The molecule has 0 atom stereocenters. The van der Waals surface area contributed by atoms with Gasteiger partial charge in [0.2, 0.25) is 0 Å². The van der Waals surface area contributed by atoms with Crippen molar-refractivity contribution in [2.24, 2.45) is 0 Å². The zero-order valence-corrected chi connectivity index (χ0v) is 9.05. The van der Waals surface area contributed by atoms with E-state index in [0.717, 1.165) is 12.8 Å². The highest BCUT2D eigenvalue weighted by atomic mass is 16.4. The fourth-order valence-electron chi connectivity index (χ4n) is 1.37. The van der Waals surface area contributed by atoms with Gasteiger partial charge in [-0.05, 0) is 25.8 Å². The molecule has 0 rings (SSSR count). The molecule has 4 heteroatoms. The van der Waals surface area contributed by atoms with Crippen molar-refractivity contribution >= 4 is 5.97 Å².